The monoisotopic (exact) mass is 455 g/mol. The quantitative estimate of drug-likeness (QED) is 0.350. The summed E-state index contributed by atoms with van der Waals surface area (Å²) in [5.41, 5.74) is 1.51. The zero-order chi connectivity index (χ0) is 23.1. The fourth-order valence-electron chi connectivity index (χ4n) is 3.01. The van der Waals surface area contributed by atoms with E-state index in [2.05, 4.69) is 10.2 Å². The Labute approximate surface area is 190 Å². The molecule has 0 amide bonds. The highest BCUT2D eigenvalue weighted by molar-refractivity contribution is 8.04. The summed E-state index contributed by atoms with van der Waals surface area (Å²) in [6, 6.07) is 12.7. The molecule has 168 valence electrons. The normalized spacial score (nSPS) is 11.3. The van der Waals surface area contributed by atoms with Crippen molar-refractivity contribution >= 4 is 23.8 Å². The smallest absolute Gasteiger partial charge is 0.342 e. The second kappa shape index (κ2) is 10.7. The molecule has 0 spiro atoms. The van der Waals surface area contributed by atoms with Crippen molar-refractivity contribution in [2.24, 2.45) is 0 Å². The molecule has 0 saturated heterocycles. The molecule has 3 rings (SSSR count). The van der Waals surface area contributed by atoms with Gasteiger partial charge in [-0.05, 0) is 61.5 Å². The van der Waals surface area contributed by atoms with Crippen LogP contribution in [0.5, 0.6) is 17.2 Å². The van der Waals surface area contributed by atoms with E-state index in [4.69, 9.17) is 14.2 Å². The van der Waals surface area contributed by atoms with Crippen molar-refractivity contribution in [3.63, 3.8) is 0 Å². The fraction of sp³-hybridized carbons (Fsp3) is 0.261. The lowest BCUT2D eigenvalue weighted by atomic mass is 10.2. The van der Waals surface area contributed by atoms with E-state index in [-0.39, 0.29) is 4.91 Å². The van der Waals surface area contributed by atoms with Crippen molar-refractivity contribution in [2.45, 2.75) is 25.5 Å². The first-order valence-electron chi connectivity index (χ1n) is 10.0. The molecule has 0 radical (unpaired) electrons. The number of hydrogen-bond donors (Lipinski definition) is 1. The number of aliphatic carboxylic acids is 1. The third-order valence-corrected chi connectivity index (χ3v) is 5.54. The van der Waals surface area contributed by atoms with Crippen LogP contribution in [0.2, 0.25) is 0 Å². The van der Waals surface area contributed by atoms with Crippen molar-refractivity contribution < 1.29 is 24.1 Å². The predicted molar refractivity (Wildman–Crippen MR) is 123 cm³/mol. The standard InChI is InChI=1S/C23H25N3O5S/c1-5-26-21(16-12-18(29-3)14-19(13-16)30-4)24-25-23(26)32-20(22(27)28)11-15-7-9-17(10-8-15)31-6-2/h7-14H,5-6H2,1-4H3,(H,27,28)/b20-11-. The molecule has 0 unspecified atom stereocenters. The molecule has 32 heavy (non-hydrogen) atoms. The molecule has 0 atom stereocenters. The molecule has 0 fully saturated rings. The van der Waals surface area contributed by atoms with Gasteiger partial charge in [-0.15, -0.1) is 10.2 Å². The van der Waals surface area contributed by atoms with E-state index in [1.54, 1.807) is 26.4 Å². The number of carboxylic acids is 1. The minimum Gasteiger partial charge on any atom is -0.497 e. The van der Waals surface area contributed by atoms with Crippen LogP contribution in [0.15, 0.2) is 52.5 Å². The Hall–Kier alpha value is -3.46. The van der Waals surface area contributed by atoms with Crippen LogP contribution >= 0.6 is 11.8 Å². The second-order valence-corrected chi connectivity index (χ2v) is 7.58. The van der Waals surface area contributed by atoms with E-state index in [1.165, 1.54) is 0 Å². The van der Waals surface area contributed by atoms with Crippen LogP contribution in [0.25, 0.3) is 17.5 Å². The average molecular weight is 456 g/mol. The molecule has 2 aromatic carbocycles. The van der Waals surface area contributed by atoms with E-state index < -0.39 is 5.97 Å². The van der Waals surface area contributed by atoms with E-state index in [0.717, 1.165) is 28.6 Å². The van der Waals surface area contributed by atoms with Gasteiger partial charge in [0.2, 0.25) is 0 Å². The molecule has 1 aromatic heterocycles. The van der Waals surface area contributed by atoms with Gasteiger partial charge >= 0.3 is 5.97 Å². The molecule has 1 N–H and O–H groups in total. The summed E-state index contributed by atoms with van der Waals surface area (Å²) in [5.74, 6) is 1.54. The maximum Gasteiger partial charge on any atom is 0.342 e. The summed E-state index contributed by atoms with van der Waals surface area (Å²) in [6.45, 7) is 4.98. The summed E-state index contributed by atoms with van der Waals surface area (Å²) in [5, 5.41) is 18.8. The van der Waals surface area contributed by atoms with Gasteiger partial charge in [-0.1, -0.05) is 12.1 Å². The predicted octanol–water partition coefficient (Wildman–Crippen LogP) is 4.60. The third-order valence-electron chi connectivity index (χ3n) is 4.54. The molecule has 3 aromatic rings. The lowest BCUT2D eigenvalue weighted by molar-refractivity contribution is -0.131. The zero-order valence-electron chi connectivity index (χ0n) is 18.4. The summed E-state index contributed by atoms with van der Waals surface area (Å²) in [4.78, 5) is 12.0. The Morgan fingerprint density at radius 3 is 2.22 bits per heavy atom. The SMILES string of the molecule is CCOc1ccc(/C=C(\Sc2nnc(-c3cc(OC)cc(OC)c3)n2CC)C(=O)O)cc1. The molecular weight excluding hydrogens is 430 g/mol. The Kier molecular flexibility index (Phi) is 7.77. The lowest BCUT2D eigenvalue weighted by Crippen LogP contribution is -2.03. The van der Waals surface area contributed by atoms with Crippen LogP contribution in [0.4, 0.5) is 0 Å². The number of carboxylic acid groups (broad SMARTS) is 1. The molecule has 0 saturated carbocycles. The minimum absolute atomic E-state index is 0.131. The molecule has 9 heteroatoms. The molecule has 0 bridgehead atoms. The van der Waals surface area contributed by atoms with Crippen LogP contribution in [-0.2, 0) is 11.3 Å². The van der Waals surface area contributed by atoms with Crippen molar-refractivity contribution in [1.29, 1.82) is 0 Å². The molecule has 0 aliphatic heterocycles. The van der Waals surface area contributed by atoms with Gasteiger partial charge < -0.3 is 23.9 Å². The minimum atomic E-state index is -1.04. The van der Waals surface area contributed by atoms with Gasteiger partial charge in [-0.25, -0.2) is 4.79 Å². The van der Waals surface area contributed by atoms with Gasteiger partial charge in [0.1, 0.15) is 22.2 Å². The van der Waals surface area contributed by atoms with Gasteiger partial charge in [0.15, 0.2) is 11.0 Å². The number of thioether (sulfide) groups is 1. The maximum absolute atomic E-state index is 11.9. The number of benzene rings is 2. The first kappa shape index (κ1) is 23.2. The molecule has 0 aliphatic carbocycles. The first-order chi connectivity index (χ1) is 15.5. The van der Waals surface area contributed by atoms with Crippen LogP contribution < -0.4 is 14.2 Å². The fourth-order valence-corrected chi connectivity index (χ4v) is 3.90. The van der Waals surface area contributed by atoms with Crippen molar-refractivity contribution in [3.05, 3.63) is 52.9 Å². The number of hydrogen-bond acceptors (Lipinski definition) is 7. The van der Waals surface area contributed by atoms with Crippen LogP contribution in [0, 0.1) is 0 Å². The zero-order valence-corrected chi connectivity index (χ0v) is 19.2. The Bertz CT molecular complexity index is 1090. The summed E-state index contributed by atoms with van der Waals surface area (Å²) < 4.78 is 18.0. The third kappa shape index (κ3) is 5.42. The lowest BCUT2D eigenvalue weighted by Gasteiger charge is -2.10. The topological polar surface area (TPSA) is 95.7 Å². The number of nitrogens with zero attached hydrogens (tertiary/aromatic N) is 3. The Morgan fingerprint density at radius 1 is 1.03 bits per heavy atom. The van der Waals surface area contributed by atoms with Crippen LogP contribution in [-0.4, -0.2) is 46.7 Å². The number of methoxy groups -OCH3 is 2. The van der Waals surface area contributed by atoms with E-state index in [9.17, 15) is 9.90 Å². The molecule has 1 heterocycles. The summed E-state index contributed by atoms with van der Waals surface area (Å²) in [6.07, 6.45) is 1.60. The largest absolute Gasteiger partial charge is 0.497 e. The average Bonchev–Trinajstić information content (AvgIpc) is 3.22. The number of aromatic nitrogens is 3. The van der Waals surface area contributed by atoms with Crippen molar-refractivity contribution in [1.82, 2.24) is 14.8 Å². The number of rotatable bonds is 10. The van der Waals surface area contributed by atoms with Crippen molar-refractivity contribution in [2.75, 3.05) is 20.8 Å². The maximum atomic E-state index is 11.9. The van der Waals surface area contributed by atoms with E-state index in [0.29, 0.717) is 35.6 Å². The molecule has 8 nitrogen and oxygen atoms in total. The molecular formula is C23H25N3O5S. The van der Waals surface area contributed by atoms with Gasteiger partial charge in [0.05, 0.1) is 20.8 Å². The number of carbonyl (C=O) groups is 1. The van der Waals surface area contributed by atoms with Crippen LogP contribution in [0.3, 0.4) is 0 Å². The highest BCUT2D eigenvalue weighted by Gasteiger charge is 2.19. The van der Waals surface area contributed by atoms with Gasteiger partial charge in [-0.3, -0.25) is 0 Å². The second-order valence-electron chi connectivity index (χ2n) is 6.57. The van der Waals surface area contributed by atoms with E-state index in [1.807, 2.05) is 54.8 Å². The molecule has 0 aliphatic rings. The first-order valence-corrected chi connectivity index (χ1v) is 10.8. The van der Waals surface area contributed by atoms with Crippen molar-refractivity contribution in [3.8, 4) is 28.6 Å². The Morgan fingerprint density at radius 2 is 1.69 bits per heavy atom. The van der Waals surface area contributed by atoms with Gasteiger partial charge in [0.25, 0.3) is 0 Å². The van der Waals surface area contributed by atoms with Gasteiger partial charge in [0, 0.05) is 18.2 Å². The highest BCUT2D eigenvalue weighted by atomic mass is 32.2. The summed E-state index contributed by atoms with van der Waals surface area (Å²) in [7, 11) is 3.16. The van der Waals surface area contributed by atoms with Gasteiger partial charge in [-0.2, -0.15) is 0 Å². The summed E-state index contributed by atoms with van der Waals surface area (Å²) >= 11 is 1.05. The van der Waals surface area contributed by atoms with E-state index >= 15 is 0 Å². The Balaban J connectivity index is 1.94. The number of ether oxygens (including phenoxy) is 3. The van der Waals surface area contributed by atoms with Crippen LogP contribution in [0.1, 0.15) is 19.4 Å². The highest BCUT2D eigenvalue weighted by Crippen LogP contribution is 2.33.